The predicted octanol–water partition coefficient (Wildman–Crippen LogP) is 3.70. The molecule has 0 aliphatic carbocycles. The van der Waals surface area contributed by atoms with Gasteiger partial charge in [0.05, 0.1) is 5.56 Å². The highest BCUT2D eigenvalue weighted by atomic mass is 19.4. The van der Waals surface area contributed by atoms with E-state index in [1.54, 1.807) is 0 Å². The van der Waals surface area contributed by atoms with Gasteiger partial charge in [0.1, 0.15) is 11.6 Å². The van der Waals surface area contributed by atoms with E-state index < -0.39 is 11.7 Å². The van der Waals surface area contributed by atoms with E-state index in [2.05, 4.69) is 21.5 Å². The summed E-state index contributed by atoms with van der Waals surface area (Å²) < 4.78 is 39.9. The van der Waals surface area contributed by atoms with Crippen molar-refractivity contribution in [1.82, 2.24) is 14.5 Å². The van der Waals surface area contributed by atoms with Gasteiger partial charge in [-0.2, -0.15) is 13.2 Å². The number of hydrogen-bond donors (Lipinski definition) is 0. The average Bonchev–Trinajstić information content (AvgIpc) is 3.03. The molecular weight excluding hydrogens is 305 g/mol. The molecule has 4 nitrogen and oxygen atoms in total. The summed E-state index contributed by atoms with van der Waals surface area (Å²) in [6, 6.07) is 2.55. The van der Waals surface area contributed by atoms with Crippen molar-refractivity contribution in [2.75, 3.05) is 18.0 Å². The van der Waals surface area contributed by atoms with Crippen molar-refractivity contribution in [3.05, 3.63) is 42.1 Å². The van der Waals surface area contributed by atoms with Crippen LogP contribution in [-0.4, -0.2) is 27.6 Å². The number of halogens is 3. The molecule has 0 N–H and O–H groups in total. The van der Waals surface area contributed by atoms with Crippen molar-refractivity contribution < 1.29 is 13.2 Å². The number of anilines is 1. The Morgan fingerprint density at radius 2 is 1.91 bits per heavy atom. The number of piperidine rings is 1. The highest BCUT2D eigenvalue weighted by Crippen LogP contribution is 2.31. The van der Waals surface area contributed by atoms with Crippen LogP contribution >= 0.6 is 0 Å². The van der Waals surface area contributed by atoms with E-state index in [1.807, 2.05) is 17.3 Å². The van der Waals surface area contributed by atoms with Crippen LogP contribution in [0.4, 0.5) is 19.0 Å². The summed E-state index contributed by atoms with van der Waals surface area (Å²) in [6.45, 7) is 4.54. The highest BCUT2D eigenvalue weighted by molar-refractivity contribution is 5.40. The molecule has 2 aromatic rings. The van der Waals surface area contributed by atoms with E-state index in [-0.39, 0.29) is 0 Å². The maximum atomic E-state index is 12.6. The second-order valence-corrected chi connectivity index (χ2v) is 5.74. The predicted molar refractivity (Wildman–Crippen MR) is 81.3 cm³/mol. The molecule has 3 rings (SSSR count). The molecule has 0 bridgehead atoms. The van der Waals surface area contributed by atoms with Gasteiger partial charge in [-0.15, -0.1) is 0 Å². The maximum Gasteiger partial charge on any atom is 0.417 e. The quantitative estimate of drug-likeness (QED) is 0.863. The lowest BCUT2D eigenvalue weighted by atomic mass is 9.96. The van der Waals surface area contributed by atoms with Crippen LogP contribution < -0.4 is 4.90 Å². The minimum absolute atomic E-state index is 0.399. The molecule has 1 saturated heterocycles. The summed E-state index contributed by atoms with van der Waals surface area (Å²) in [5.74, 6) is 2.11. The van der Waals surface area contributed by atoms with Gasteiger partial charge in [0.15, 0.2) is 0 Å². The first-order valence-corrected chi connectivity index (χ1v) is 7.78. The number of imidazole rings is 1. The van der Waals surface area contributed by atoms with Gasteiger partial charge in [-0.25, -0.2) is 9.97 Å². The van der Waals surface area contributed by atoms with Crippen LogP contribution in [0.1, 0.15) is 37.1 Å². The molecule has 0 spiro atoms. The Morgan fingerprint density at radius 1 is 1.17 bits per heavy atom. The van der Waals surface area contributed by atoms with Crippen molar-refractivity contribution in [3.8, 4) is 0 Å². The van der Waals surface area contributed by atoms with Gasteiger partial charge in [-0.3, -0.25) is 0 Å². The molecule has 1 aliphatic heterocycles. The first kappa shape index (κ1) is 15.8. The smallest absolute Gasteiger partial charge is 0.357 e. The van der Waals surface area contributed by atoms with E-state index in [0.717, 1.165) is 50.6 Å². The largest absolute Gasteiger partial charge is 0.417 e. The third-order valence-corrected chi connectivity index (χ3v) is 4.35. The molecule has 0 unspecified atom stereocenters. The Bertz CT molecular complexity index is 640. The second kappa shape index (κ2) is 6.22. The minimum Gasteiger partial charge on any atom is -0.357 e. The maximum absolute atomic E-state index is 12.6. The normalized spacial score (nSPS) is 16.8. The Balaban J connectivity index is 1.65. The van der Waals surface area contributed by atoms with Crippen molar-refractivity contribution in [3.63, 3.8) is 0 Å². The summed E-state index contributed by atoms with van der Waals surface area (Å²) in [4.78, 5) is 10.5. The number of pyridine rings is 1. The topological polar surface area (TPSA) is 34.0 Å². The summed E-state index contributed by atoms with van der Waals surface area (Å²) in [6.07, 6.45) is 2.24. The van der Waals surface area contributed by atoms with Crippen molar-refractivity contribution >= 4 is 5.82 Å². The van der Waals surface area contributed by atoms with Gasteiger partial charge in [0.25, 0.3) is 0 Å². The lowest BCUT2D eigenvalue weighted by Crippen LogP contribution is -2.34. The fourth-order valence-corrected chi connectivity index (χ4v) is 3.06. The standard InChI is InChI=1S/C16H19F3N4/c1-2-22-10-7-20-15(22)12-5-8-23(9-6-12)14-4-3-13(11-21-14)16(17,18)19/h3-4,7,10-12H,2,5-6,8-9H2,1H3. The molecule has 3 heterocycles. The molecule has 0 amide bonds. The Morgan fingerprint density at radius 3 is 2.48 bits per heavy atom. The summed E-state index contributed by atoms with van der Waals surface area (Å²) in [5, 5.41) is 0. The molecule has 1 aliphatic rings. The molecule has 2 aromatic heterocycles. The molecule has 0 radical (unpaired) electrons. The Labute approximate surface area is 133 Å². The minimum atomic E-state index is -4.34. The van der Waals surface area contributed by atoms with Gasteiger partial charge in [-0.1, -0.05) is 0 Å². The fourth-order valence-electron chi connectivity index (χ4n) is 3.06. The van der Waals surface area contributed by atoms with E-state index in [9.17, 15) is 13.2 Å². The van der Waals surface area contributed by atoms with E-state index in [1.165, 1.54) is 6.07 Å². The number of hydrogen-bond acceptors (Lipinski definition) is 3. The van der Waals surface area contributed by atoms with Gasteiger partial charge < -0.3 is 9.47 Å². The van der Waals surface area contributed by atoms with Crippen LogP contribution in [0.15, 0.2) is 30.7 Å². The van der Waals surface area contributed by atoms with Gasteiger partial charge >= 0.3 is 6.18 Å². The van der Waals surface area contributed by atoms with Crippen molar-refractivity contribution in [2.24, 2.45) is 0 Å². The summed E-state index contributed by atoms with van der Waals surface area (Å²) in [5.41, 5.74) is -0.707. The van der Waals surface area contributed by atoms with Crippen molar-refractivity contribution in [2.45, 2.75) is 38.4 Å². The molecule has 23 heavy (non-hydrogen) atoms. The summed E-state index contributed by atoms with van der Waals surface area (Å²) >= 11 is 0. The Kier molecular flexibility index (Phi) is 4.28. The van der Waals surface area contributed by atoms with E-state index in [0.29, 0.717) is 11.7 Å². The fraction of sp³-hybridized carbons (Fsp3) is 0.500. The van der Waals surface area contributed by atoms with Crippen LogP contribution in [0.25, 0.3) is 0 Å². The first-order valence-electron chi connectivity index (χ1n) is 7.78. The second-order valence-electron chi connectivity index (χ2n) is 5.74. The summed E-state index contributed by atoms with van der Waals surface area (Å²) in [7, 11) is 0. The van der Waals surface area contributed by atoms with Gasteiger partial charge in [-0.05, 0) is 31.9 Å². The monoisotopic (exact) mass is 324 g/mol. The van der Waals surface area contributed by atoms with Crippen LogP contribution in [0, 0.1) is 0 Å². The molecule has 124 valence electrons. The zero-order valence-corrected chi connectivity index (χ0v) is 12.9. The van der Waals surface area contributed by atoms with E-state index >= 15 is 0 Å². The van der Waals surface area contributed by atoms with Crippen LogP contribution in [0.3, 0.4) is 0 Å². The molecule has 0 saturated carbocycles. The zero-order chi connectivity index (χ0) is 16.4. The number of rotatable bonds is 3. The van der Waals surface area contributed by atoms with Crippen LogP contribution in [-0.2, 0) is 12.7 Å². The third kappa shape index (κ3) is 3.33. The van der Waals surface area contributed by atoms with E-state index in [4.69, 9.17) is 0 Å². The van der Waals surface area contributed by atoms with Gasteiger partial charge in [0.2, 0.25) is 0 Å². The van der Waals surface area contributed by atoms with Crippen LogP contribution in [0.2, 0.25) is 0 Å². The third-order valence-electron chi connectivity index (χ3n) is 4.35. The SMILES string of the molecule is CCn1ccnc1C1CCN(c2ccc(C(F)(F)F)cn2)CC1. The molecular formula is C16H19F3N4. The average molecular weight is 324 g/mol. The highest BCUT2D eigenvalue weighted by Gasteiger charge is 2.31. The number of aryl methyl sites for hydroxylation is 1. The number of aromatic nitrogens is 3. The molecule has 0 atom stereocenters. The molecule has 0 aromatic carbocycles. The van der Waals surface area contributed by atoms with Crippen molar-refractivity contribution in [1.29, 1.82) is 0 Å². The molecule has 1 fully saturated rings. The van der Waals surface area contributed by atoms with Crippen LogP contribution in [0.5, 0.6) is 0 Å². The molecule has 7 heteroatoms. The zero-order valence-electron chi connectivity index (χ0n) is 12.9. The number of nitrogens with zero attached hydrogens (tertiary/aromatic N) is 4. The van der Waals surface area contributed by atoms with Gasteiger partial charge in [0, 0.05) is 44.1 Å². The lowest BCUT2D eigenvalue weighted by Gasteiger charge is -2.32. The first-order chi connectivity index (χ1) is 11.0. The Hall–Kier alpha value is -2.05. The lowest BCUT2D eigenvalue weighted by molar-refractivity contribution is -0.137. The number of alkyl halides is 3.